The molecule has 0 heterocycles. The van der Waals surface area contributed by atoms with Gasteiger partial charge < -0.3 is 0 Å². The molecule has 1 aromatic rings. The molecule has 0 amide bonds. The average Bonchev–Trinajstić information content (AvgIpc) is 2.52. The molecule has 3 heteroatoms. The molecule has 2 rings (SSSR count). The zero-order chi connectivity index (χ0) is 11.8. The topological polar surface area (TPSA) is 0 Å². The summed E-state index contributed by atoms with van der Waals surface area (Å²) in [4.78, 5) is 0. The van der Waals surface area contributed by atoms with E-state index in [1.165, 1.54) is 6.07 Å². The maximum Gasteiger partial charge on any atom is 0.123 e. The van der Waals surface area contributed by atoms with Crippen molar-refractivity contribution in [2.75, 3.05) is 0 Å². The van der Waals surface area contributed by atoms with Crippen LogP contribution in [0.2, 0.25) is 0 Å². The van der Waals surface area contributed by atoms with Crippen LogP contribution in [0.5, 0.6) is 0 Å². The van der Waals surface area contributed by atoms with Crippen molar-refractivity contribution in [1.82, 2.24) is 0 Å². The second-order valence-electron chi connectivity index (χ2n) is 5.06. The molecule has 0 aromatic heterocycles. The molecule has 1 aromatic carbocycles. The van der Waals surface area contributed by atoms with E-state index in [1.807, 2.05) is 0 Å². The number of halogens is 3. The zero-order valence-electron chi connectivity index (χ0n) is 9.27. The Balaban J connectivity index is 2.17. The standard InChI is InChI=1S/C13H15BrClF/c1-13(5-4-10(15)8-13)7-9-6-11(16)2-3-12(9)14/h2-3,6,10H,4-5,7-8H2,1H3. The van der Waals surface area contributed by atoms with Crippen LogP contribution in [0.25, 0.3) is 0 Å². The first-order chi connectivity index (χ1) is 7.48. The third kappa shape index (κ3) is 2.78. The van der Waals surface area contributed by atoms with Crippen molar-refractivity contribution in [3.8, 4) is 0 Å². The van der Waals surface area contributed by atoms with Crippen molar-refractivity contribution in [2.45, 2.75) is 38.0 Å². The maximum atomic E-state index is 13.2. The van der Waals surface area contributed by atoms with E-state index >= 15 is 0 Å². The lowest BCUT2D eigenvalue weighted by atomic mass is 9.82. The number of benzene rings is 1. The molecule has 0 bridgehead atoms. The Labute approximate surface area is 109 Å². The Morgan fingerprint density at radius 1 is 1.56 bits per heavy atom. The molecular formula is C13H15BrClF. The average molecular weight is 306 g/mol. The van der Waals surface area contributed by atoms with Gasteiger partial charge in [-0.25, -0.2) is 4.39 Å². The predicted octanol–water partition coefficient (Wildman–Crippen LogP) is 4.93. The van der Waals surface area contributed by atoms with E-state index in [0.717, 1.165) is 35.7 Å². The molecule has 0 saturated heterocycles. The van der Waals surface area contributed by atoms with E-state index in [2.05, 4.69) is 22.9 Å². The van der Waals surface area contributed by atoms with E-state index in [4.69, 9.17) is 11.6 Å². The monoisotopic (exact) mass is 304 g/mol. The van der Waals surface area contributed by atoms with Crippen molar-refractivity contribution >= 4 is 27.5 Å². The minimum atomic E-state index is -0.165. The highest BCUT2D eigenvalue weighted by Gasteiger charge is 2.34. The first-order valence-corrected chi connectivity index (χ1v) is 6.79. The molecule has 2 atom stereocenters. The lowest BCUT2D eigenvalue weighted by Gasteiger charge is -2.24. The summed E-state index contributed by atoms with van der Waals surface area (Å²) in [6.07, 6.45) is 4.13. The van der Waals surface area contributed by atoms with Gasteiger partial charge in [-0.05, 0) is 54.9 Å². The van der Waals surface area contributed by atoms with Gasteiger partial charge in [0.1, 0.15) is 5.82 Å². The van der Waals surface area contributed by atoms with E-state index in [9.17, 15) is 4.39 Å². The summed E-state index contributed by atoms with van der Waals surface area (Å²) in [5.74, 6) is -0.165. The molecule has 0 aliphatic heterocycles. The van der Waals surface area contributed by atoms with Crippen molar-refractivity contribution in [3.63, 3.8) is 0 Å². The van der Waals surface area contributed by atoms with Gasteiger partial charge in [-0.15, -0.1) is 11.6 Å². The van der Waals surface area contributed by atoms with Gasteiger partial charge in [-0.3, -0.25) is 0 Å². The maximum absolute atomic E-state index is 13.2. The molecular weight excluding hydrogens is 290 g/mol. The van der Waals surface area contributed by atoms with Gasteiger partial charge in [0.15, 0.2) is 0 Å². The Morgan fingerprint density at radius 3 is 2.94 bits per heavy atom. The van der Waals surface area contributed by atoms with Gasteiger partial charge in [-0.2, -0.15) is 0 Å². The van der Waals surface area contributed by atoms with Crippen LogP contribution in [0.4, 0.5) is 4.39 Å². The largest absolute Gasteiger partial charge is 0.207 e. The summed E-state index contributed by atoms with van der Waals surface area (Å²) in [6, 6.07) is 4.88. The Kier molecular flexibility index (Phi) is 3.60. The first-order valence-electron chi connectivity index (χ1n) is 5.56. The summed E-state index contributed by atoms with van der Waals surface area (Å²) in [7, 11) is 0. The Bertz CT molecular complexity index is 394. The molecule has 1 aliphatic rings. The van der Waals surface area contributed by atoms with Crippen molar-refractivity contribution in [1.29, 1.82) is 0 Å². The van der Waals surface area contributed by atoms with Gasteiger partial charge in [0.05, 0.1) is 0 Å². The third-order valence-electron chi connectivity index (χ3n) is 3.40. The van der Waals surface area contributed by atoms with Crippen LogP contribution in [0, 0.1) is 11.2 Å². The van der Waals surface area contributed by atoms with Crippen LogP contribution in [-0.4, -0.2) is 5.38 Å². The highest BCUT2D eigenvalue weighted by molar-refractivity contribution is 9.10. The molecule has 2 unspecified atom stereocenters. The summed E-state index contributed by atoms with van der Waals surface area (Å²) in [5.41, 5.74) is 1.27. The fourth-order valence-electron chi connectivity index (χ4n) is 2.54. The third-order valence-corrected chi connectivity index (χ3v) is 4.55. The van der Waals surface area contributed by atoms with Crippen molar-refractivity contribution in [2.24, 2.45) is 5.41 Å². The molecule has 1 saturated carbocycles. The quantitative estimate of drug-likeness (QED) is 0.680. The van der Waals surface area contributed by atoms with E-state index in [-0.39, 0.29) is 16.6 Å². The summed E-state index contributed by atoms with van der Waals surface area (Å²) >= 11 is 9.63. The highest BCUT2D eigenvalue weighted by Crippen LogP contribution is 2.43. The second-order valence-corrected chi connectivity index (χ2v) is 6.53. The van der Waals surface area contributed by atoms with Gasteiger partial charge in [-0.1, -0.05) is 22.9 Å². The van der Waals surface area contributed by atoms with Crippen LogP contribution in [0.1, 0.15) is 31.7 Å². The summed E-state index contributed by atoms with van der Waals surface area (Å²) < 4.78 is 14.2. The van der Waals surface area contributed by atoms with E-state index in [0.29, 0.717) is 0 Å². The van der Waals surface area contributed by atoms with Gasteiger partial charge >= 0.3 is 0 Å². The van der Waals surface area contributed by atoms with Gasteiger partial charge in [0.2, 0.25) is 0 Å². The summed E-state index contributed by atoms with van der Waals surface area (Å²) in [5, 5.41) is 0.289. The predicted molar refractivity (Wildman–Crippen MR) is 69.4 cm³/mol. The SMILES string of the molecule is CC1(Cc2cc(F)ccc2Br)CCC(Cl)C1. The van der Waals surface area contributed by atoms with Crippen LogP contribution in [-0.2, 0) is 6.42 Å². The smallest absolute Gasteiger partial charge is 0.123 e. The van der Waals surface area contributed by atoms with Crippen LogP contribution in [0.15, 0.2) is 22.7 Å². The molecule has 0 nitrogen and oxygen atoms in total. The van der Waals surface area contributed by atoms with E-state index < -0.39 is 0 Å². The van der Waals surface area contributed by atoms with Crippen molar-refractivity contribution in [3.05, 3.63) is 34.1 Å². The van der Waals surface area contributed by atoms with Crippen molar-refractivity contribution < 1.29 is 4.39 Å². The zero-order valence-corrected chi connectivity index (χ0v) is 11.6. The fourth-order valence-corrected chi connectivity index (χ4v) is 3.41. The summed E-state index contributed by atoms with van der Waals surface area (Å²) in [6.45, 7) is 2.24. The van der Waals surface area contributed by atoms with Gasteiger partial charge in [0.25, 0.3) is 0 Å². The minimum absolute atomic E-state index is 0.165. The highest BCUT2D eigenvalue weighted by atomic mass is 79.9. The number of hydrogen-bond acceptors (Lipinski definition) is 0. The Hall–Kier alpha value is -0.0800. The molecule has 0 N–H and O–H groups in total. The number of hydrogen-bond donors (Lipinski definition) is 0. The molecule has 0 radical (unpaired) electrons. The molecule has 0 spiro atoms. The van der Waals surface area contributed by atoms with Crippen LogP contribution < -0.4 is 0 Å². The molecule has 88 valence electrons. The minimum Gasteiger partial charge on any atom is -0.207 e. The molecule has 1 fully saturated rings. The van der Waals surface area contributed by atoms with Gasteiger partial charge in [0, 0.05) is 9.85 Å². The Morgan fingerprint density at radius 2 is 2.31 bits per heavy atom. The normalized spacial score (nSPS) is 29.6. The molecule has 1 aliphatic carbocycles. The van der Waals surface area contributed by atoms with Crippen LogP contribution in [0.3, 0.4) is 0 Å². The second kappa shape index (κ2) is 4.66. The number of alkyl halides is 1. The lowest BCUT2D eigenvalue weighted by Crippen LogP contribution is -2.16. The first kappa shape index (κ1) is 12.4. The molecule has 16 heavy (non-hydrogen) atoms. The van der Waals surface area contributed by atoms with E-state index in [1.54, 1.807) is 12.1 Å². The van der Waals surface area contributed by atoms with Crippen LogP contribution >= 0.6 is 27.5 Å². The fraction of sp³-hybridized carbons (Fsp3) is 0.538. The number of rotatable bonds is 2. The lowest BCUT2D eigenvalue weighted by molar-refractivity contribution is 0.334.